The minimum atomic E-state index is -0.332. The third-order valence-electron chi connectivity index (χ3n) is 5.22. The number of nitrogens with one attached hydrogen (secondary N) is 2. The van der Waals surface area contributed by atoms with E-state index in [9.17, 15) is 0 Å². The van der Waals surface area contributed by atoms with Gasteiger partial charge in [-0.05, 0) is 37.6 Å². The van der Waals surface area contributed by atoms with E-state index < -0.39 is 0 Å². The number of rotatable bonds is 8. The van der Waals surface area contributed by atoms with Crippen LogP contribution < -0.4 is 15.4 Å². The van der Waals surface area contributed by atoms with Crippen LogP contribution in [0, 0.1) is 0 Å². The minimum Gasteiger partial charge on any atom is -0.495 e. The second kappa shape index (κ2) is 8.80. The monoisotopic (exact) mass is 433 g/mol. The zero-order valence-electron chi connectivity index (χ0n) is 18.9. The lowest BCUT2D eigenvalue weighted by molar-refractivity contribution is 0.0343. The molecule has 0 unspecified atom stereocenters. The van der Waals surface area contributed by atoms with Gasteiger partial charge in [0.15, 0.2) is 5.82 Å². The van der Waals surface area contributed by atoms with Crippen molar-refractivity contribution in [2.45, 2.75) is 19.4 Å². The van der Waals surface area contributed by atoms with Crippen LogP contribution in [-0.4, -0.2) is 51.1 Å². The first-order valence-corrected chi connectivity index (χ1v) is 10.2. The third kappa shape index (κ3) is 4.62. The van der Waals surface area contributed by atoms with Gasteiger partial charge in [0.05, 0.1) is 24.6 Å². The van der Waals surface area contributed by atoms with E-state index in [-0.39, 0.29) is 5.60 Å². The first-order valence-electron chi connectivity index (χ1n) is 10.2. The van der Waals surface area contributed by atoms with Crippen LogP contribution in [0.3, 0.4) is 0 Å². The summed E-state index contributed by atoms with van der Waals surface area (Å²) in [6.45, 7) is 4.61. The highest BCUT2D eigenvalue weighted by molar-refractivity contribution is 5.88. The molecule has 0 spiro atoms. The molecule has 4 aromatic rings. The summed E-state index contributed by atoms with van der Waals surface area (Å²) >= 11 is 0. The number of aromatic nitrogens is 5. The molecule has 0 atom stereocenters. The van der Waals surface area contributed by atoms with Gasteiger partial charge in [0.1, 0.15) is 11.3 Å². The Morgan fingerprint density at radius 1 is 1.06 bits per heavy atom. The summed E-state index contributed by atoms with van der Waals surface area (Å²) in [6.07, 6.45) is 7.29. The van der Waals surface area contributed by atoms with Crippen LogP contribution in [0.5, 0.6) is 5.75 Å². The lowest BCUT2D eigenvalue weighted by Gasteiger charge is -2.23. The number of methoxy groups -OCH3 is 2. The summed E-state index contributed by atoms with van der Waals surface area (Å²) < 4.78 is 12.9. The van der Waals surface area contributed by atoms with Gasteiger partial charge in [-0.25, -0.2) is 15.0 Å². The zero-order valence-corrected chi connectivity index (χ0v) is 18.9. The molecule has 0 radical (unpaired) electrons. The number of nitrogens with zero attached hydrogens (tertiary/aromatic N) is 5. The lowest BCUT2D eigenvalue weighted by atomic mass is 10.1. The molecule has 0 amide bonds. The van der Waals surface area contributed by atoms with E-state index >= 15 is 0 Å². The zero-order chi connectivity index (χ0) is 22.7. The maximum atomic E-state index is 5.60. The molecular weight excluding hydrogens is 406 g/mol. The van der Waals surface area contributed by atoms with Crippen LogP contribution >= 0.6 is 0 Å². The summed E-state index contributed by atoms with van der Waals surface area (Å²) in [4.78, 5) is 13.6. The van der Waals surface area contributed by atoms with Gasteiger partial charge >= 0.3 is 0 Å². The summed E-state index contributed by atoms with van der Waals surface area (Å²) in [7, 11) is 5.22. The smallest absolute Gasteiger partial charge is 0.227 e. The maximum absolute atomic E-state index is 5.60. The van der Waals surface area contributed by atoms with Crippen molar-refractivity contribution < 1.29 is 9.47 Å². The van der Waals surface area contributed by atoms with Gasteiger partial charge in [-0.1, -0.05) is 6.07 Å². The highest BCUT2D eigenvalue weighted by atomic mass is 16.5. The van der Waals surface area contributed by atoms with Crippen LogP contribution in [0.4, 0.5) is 17.5 Å². The largest absolute Gasteiger partial charge is 0.495 e. The fourth-order valence-electron chi connectivity index (χ4n) is 3.18. The first-order chi connectivity index (χ1) is 15.4. The van der Waals surface area contributed by atoms with Crippen molar-refractivity contribution in [3.05, 3.63) is 49.1 Å². The highest BCUT2D eigenvalue weighted by Crippen LogP contribution is 2.32. The van der Waals surface area contributed by atoms with E-state index in [1.165, 1.54) is 0 Å². The maximum Gasteiger partial charge on any atom is 0.227 e. The van der Waals surface area contributed by atoms with Crippen molar-refractivity contribution in [1.82, 2.24) is 24.7 Å². The van der Waals surface area contributed by atoms with Crippen LogP contribution in [0.2, 0.25) is 0 Å². The second-order valence-corrected chi connectivity index (χ2v) is 8.05. The number of hydrogen-bond donors (Lipinski definition) is 2. The molecule has 0 bridgehead atoms. The van der Waals surface area contributed by atoms with E-state index in [2.05, 4.69) is 25.7 Å². The van der Waals surface area contributed by atoms with E-state index in [1.807, 2.05) is 57.6 Å². The third-order valence-corrected chi connectivity index (χ3v) is 5.22. The Balaban J connectivity index is 1.62. The van der Waals surface area contributed by atoms with Gasteiger partial charge in [0.25, 0.3) is 0 Å². The Kier molecular flexibility index (Phi) is 5.91. The number of ether oxygens (including phenoxy) is 2. The van der Waals surface area contributed by atoms with E-state index in [1.54, 1.807) is 31.3 Å². The van der Waals surface area contributed by atoms with Crippen LogP contribution in [0.1, 0.15) is 13.8 Å². The predicted octanol–water partition coefficient (Wildman–Crippen LogP) is 4.01. The average Bonchev–Trinajstić information content (AvgIpc) is 3.24. The van der Waals surface area contributed by atoms with Crippen molar-refractivity contribution in [2.75, 3.05) is 31.4 Å². The molecule has 1 aromatic carbocycles. The van der Waals surface area contributed by atoms with Crippen LogP contribution in [0.15, 0.2) is 49.1 Å². The molecule has 9 heteroatoms. The van der Waals surface area contributed by atoms with E-state index in [0.717, 1.165) is 27.7 Å². The fourth-order valence-corrected chi connectivity index (χ4v) is 3.18. The van der Waals surface area contributed by atoms with Gasteiger partial charge in [-0.15, -0.1) is 0 Å². The number of hydrogen-bond acceptors (Lipinski definition) is 8. The molecule has 0 saturated carbocycles. The number of benzene rings is 1. The standard InChI is InChI=1S/C23H27N7O2/c1-23(2,32-5)14-26-21-20-16(8-9-24-21)11-25-22(29-20)28-18-7-6-15(10-19(18)31-4)17-12-27-30(3)13-17/h6-13H,14H2,1-5H3,(H,24,26)(H,25,28,29). The lowest BCUT2D eigenvalue weighted by Crippen LogP contribution is -2.32. The SMILES string of the molecule is COc1cc(-c2cnn(C)c2)ccc1Nc1ncc2ccnc(NCC(C)(C)OC)c2n1. The molecule has 166 valence electrons. The fraction of sp³-hybridized carbons (Fsp3) is 0.304. The predicted molar refractivity (Wildman–Crippen MR) is 125 cm³/mol. The normalized spacial score (nSPS) is 11.5. The Morgan fingerprint density at radius 2 is 1.91 bits per heavy atom. The Morgan fingerprint density at radius 3 is 2.62 bits per heavy atom. The minimum absolute atomic E-state index is 0.332. The molecule has 32 heavy (non-hydrogen) atoms. The average molecular weight is 434 g/mol. The Labute approximate surface area is 186 Å². The quantitative estimate of drug-likeness (QED) is 0.430. The second-order valence-electron chi connectivity index (χ2n) is 8.05. The van der Waals surface area contributed by atoms with Gasteiger partial charge in [0.2, 0.25) is 5.95 Å². The van der Waals surface area contributed by atoms with E-state index in [0.29, 0.717) is 24.1 Å². The topological polar surface area (TPSA) is 99.0 Å². The van der Waals surface area contributed by atoms with Crippen molar-refractivity contribution in [1.29, 1.82) is 0 Å². The molecule has 3 heterocycles. The van der Waals surface area contributed by atoms with Crippen LogP contribution in [0.25, 0.3) is 22.0 Å². The molecule has 3 aromatic heterocycles. The molecule has 0 saturated heterocycles. The number of fused-ring (bicyclic) bond motifs is 1. The number of anilines is 3. The van der Waals surface area contributed by atoms with Crippen molar-refractivity contribution in [3.8, 4) is 16.9 Å². The first kappa shape index (κ1) is 21.5. The molecule has 2 N–H and O–H groups in total. The summed E-state index contributed by atoms with van der Waals surface area (Å²) in [6, 6.07) is 7.79. The molecule has 0 aliphatic rings. The van der Waals surface area contributed by atoms with Gasteiger partial charge < -0.3 is 20.1 Å². The van der Waals surface area contributed by atoms with Crippen LogP contribution in [-0.2, 0) is 11.8 Å². The summed E-state index contributed by atoms with van der Waals surface area (Å²) in [5.74, 6) is 1.81. The van der Waals surface area contributed by atoms with Crippen molar-refractivity contribution in [2.24, 2.45) is 7.05 Å². The molecule has 0 aliphatic heterocycles. The Bertz CT molecular complexity index is 1240. The Hall–Kier alpha value is -3.72. The van der Waals surface area contributed by atoms with Gasteiger partial charge in [-0.3, -0.25) is 4.68 Å². The molecular formula is C23H27N7O2. The molecule has 0 aliphatic carbocycles. The molecule has 9 nitrogen and oxygen atoms in total. The van der Waals surface area contributed by atoms with Crippen molar-refractivity contribution >= 4 is 28.4 Å². The van der Waals surface area contributed by atoms with Gasteiger partial charge in [0, 0.05) is 50.2 Å². The van der Waals surface area contributed by atoms with E-state index in [4.69, 9.17) is 14.5 Å². The van der Waals surface area contributed by atoms with Crippen molar-refractivity contribution in [3.63, 3.8) is 0 Å². The summed E-state index contributed by atoms with van der Waals surface area (Å²) in [5, 5.41) is 11.7. The highest BCUT2D eigenvalue weighted by Gasteiger charge is 2.17. The van der Waals surface area contributed by atoms with Gasteiger partial charge in [-0.2, -0.15) is 5.10 Å². The summed E-state index contributed by atoms with van der Waals surface area (Å²) in [5.41, 5.74) is 3.18. The molecule has 4 rings (SSSR count). The number of pyridine rings is 1. The molecule has 0 fully saturated rings. The number of aryl methyl sites for hydroxylation is 1.